The summed E-state index contributed by atoms with van der Waals surface area (Å²) < 4.78 is 0. The first-order valence-electron chi connectivity index (χ1n) is 8.66. The van der Waals surface area contributed by atoms with Crippen LogP contribution in [0.1, 0.15) is 52.0 Å². The molecule has 1 aliphatic carbocycles. The maximum Gasteiger partial charge on any atom is 0.231 e. The molecule has 0 spiro atoms. The molecule has 1 fully saturated rings. The number of para-hydroxylation sites is 1. The molecule has 1 amide bonds. The Morgan fingerprint density at radius 2 is 1.39 bits per heavy atom. The number of benzene rings is 2. The van der Waals surface area contributed by atoms with E-state index in [1.54, 1.807) is 0 Å². The largest absolute Gasteiger partial charge is 0.325 e. The Labute approximate surface area is 139 Å². The fourth-order valence-electron chi connectivity index (χ4n) is 2.50. The molecular formula is C21H27NO. The first-order chi connectivity index (χ1) is 11.2. The lowest BCUT2D eigenvalue weighted by Gasteiger charge is -2.10. The summed E-state index contributed by atoms with van der Waals surface area (Å²) in [4.78, 5) is 12.0. The molecule has 0 unspecified atom stereocenters. The van der Waals surface area contributed by atoms with Crippen LogP contribution >= 0.6 is 0 Å². The minimum absolute atomic E-state index is 0.0578. The first kappa shape index (κ1) is 17.3. The van der Waals surface area contributed by atoms with Gasteiger partial charge in [0.1, 0.15) is 0 Å². The van der Waals surface area contributed by atoms with Gasteiger partial charge in [0.2, 0.25) is 5.91 Å². The highest BCUT2D eigenvalue weighted by atomic mass is 16.1. The third-order valence-electron chi connectivity index (χ3n) is 4.16. The zero-order chi connectivity index (χ0) is 16.8. The quantitative estimate of drug-likeness (QED) is 0.649. The summed E-state index contributed by atoms with van der Waals surface area (Å²) in [5.74, 6) is 1.03. The number of amides is 1. The lowest BCUT2D eigenvalue weighted by atomic mass is 9.92. The molecule has 0 radical (unpaired) electrons. The van der Waals surface area contributed by atoms with Crippen LogP contribution in [0.3, 0.4) is 0 Å². The molecule has 1 N–H and O–H groups in total. The van der Waals surface area contributed by atoms with Crippen LogP contribution < -0.4 is 5.32 Å². The number of carbonyl (C=O) groups excluding carboxylic acids is 1. The van der Waals surface area contributed by atoms with Gasteiger partial charge in [0, 0.05) is 11.3 Å². The predicted molar refractivity (Wildman–Crippen MR) is 98.7 cm³/mol. The second kappa shape index (κ2) is 7.96. The van der Waals surface area contributed by atoms with Crippen LogP contribution in [0.15, 0.2) is 48.5 Å². The minimum Gasteiger partial charge on any atom is -0.325 e. The molecule has 2 nitrogen and oxygen atoms in total. The second-order valence-electron chi connectivity index (χ2n) is 6.03. The number of anilines is 1. The summed E-state index contributed by atoms with van der Waals surface area (Å²) in [5.41, 5.74) is 4.24. The van der Waals surface area contributed by atoms with Crippen LogP contribution in [0.4, 0.5) is 5.69 Å². The molecule has 1 saturated carbocycles. The number of carbonyl (C=O) groups is 1. The van der Waals surface area contributed by atoms with Crippen molar-refractivity contribution in [1.29, 1.82) is 0 Å². The number of nitrogens with one attached hydrogen (secondary N) is 1. The zero-order valence-corrected chi connectivity index (χ0v) is 14.6. The van der Waals surface area contributed by atoms with Gasteiger partial charge in [-0.3, -0.25) is 4.79 Å². The van der Waals surface area contributed by atoms with Gasteiger partial charge in [-0.05, 0) is 30.0 Å². The maximum atomic E-state index is 12.0. The number of rotatable bonds is 0. The van der Waals surface area contributed by atoms with Crippen molar-refractivity contribution in [3.63, 3.8) is 0 Å². The van der Waals surface area contributed by atoms with E-state index in [9.17, 15) is 4.79 Å². The Bertz CT molecular complexity index is 658. The van der Waals surface area contributed by atoms with Gasteiger partial charge >= 0.3 is 0 Å². The standard InChI is InChI=1S/C15H13NO.C4H8.C2H6/c1-10-11-6-2-3-7-12(11)13-8-4-5-9-14(13)16-15(10)17;1-4-2-3-4;1-2/h2-10H,1H3,(H,16,17);4H,2-3H2,1H3;1-2H3/t10-;;/m0../s1. The van der Waals surface area contributed by atoms with Gasteiger partial charge in [0.05, 0.1) is 5.92 Å². The highest BCUT2D eigenvalue weighted by Gasteiger charge is 2.24. The summed E-state index contributed by atoms with van der Waals surface area (Å²) in [7, 11) is 0. The van der Waals surface area contributed by atoms with E-state index in [0.29, 0.717) is 0 Å². The third-order valence-corrected chi connectivity index (χ3v) is 4.16. The molecule has 2 aliphatic rings. The van der Waals surface area contributed by atoms with E-state index < -0.39 is 0 Å². The monoisotopic (exact) mass is 309 g/mol. The van der Waals surface area contributed by atoms with E-state index in [-0.39, 0.29) is 11.8 Å². The molecule has 1 aliphatic heterocycles. The lowest BCUT2D eigenvalue weighted by molar-refractivity contribution is -0.117. The maximum absolute atomic E-state index is 12.0. The van der Waals surface area contributed by atoms with Gasteiger partial charge in [-0.2, -0.15) is 0 Å². The fourth-order valence-corrected chi connectivity index (χ4v) is 2.50. The van der Waals surface area contributed by atoms with Crippen molar-refractivity contribution in [2.24, 2.45) is 5.92 Å². The molecule has 4 rings (SSSR count). The van der Waals surface area contributed by atoms with Crippen LogP contribution in [-0.2, 0) is 4.79 Å². The predicted octanol–water partition coefficient (Wildman–Crippen LogP) is 5.85. The summed E-state index contributed by atoms with van der Waals surface area (Å²) in [6.07, 6.45) is 2.97. The molecule has 1 heterocycles. The minimum atomic E-state index is -0.112. The first-order valence-corrected chi connectivity index (χ1v) is 8.66. The average molecular weight is 309 g/mol. The van der Waals surface area contributed by atoms with Crippen molar-refractivity contribution in [2.75, 3.05) is 5.32 Å². The summed E-state index contributed by atoms with van der Waals surface area (Å²) >= 11 is 0. The summed E-state index contributed by atoms with van der Waals surface area (Å²) in [6.45, 7) is 8.22. The molecule has 0 aromatic heterocycles. The molecule has 2 aromatic carbocycles. The van der Waals surface area contributed by atoms with E-state index >= 15 is 0 Å². The van der Waals surface area contributed by atoms with Crippen molar-refractivity contribution in [3.8, 4) is 11.1 Å². The van der Waals surface area contributed by atoms with Crippen molar-refractivity contribution >= 4 is 11.6 Å². The highest BCUT2D eigenvalue weighted by Crippen LogP contribution is 2.37. The van der Waals surface area contributed by atoms with Crippen molar-refractivity contribution in [3.05, 3.63) is 54.1 Å². The van der Waals surface area contributed by atoms with Crippen molar-refractivity contribution in [1.82, 2.24) is 0 Å². The Kier molecular flexibility index (Phi) is 5.97. The molecule has 0 bridgehead atoms. The number of hydrogen-bond donors (Lipinski definition) is 1. The summed E-state index contributed by atoms with van der Waals surface area (Å²) in [5, 5.41) is 2.98. The van der Waals surface area contributed by atoms with Crippen molar-refractivity contribution in [2.45, 2.75) is 46.5 Å². The SMILES string of the molecule is CC.CC1CC1.C[C@@H]1C(=O)Nc2ccccc2-c2ccccc21. The molecule has 2 heteroatoms. The van der Waals surface area contributed by atoms with Crippen LogP contribution in [0, 0.1) is 5.92 Å². The van der Waals surface area contributed by atoms with Crippen LogP contribution in [0.25, 0.3) is 11.1 Å². The van der Waals surface area contributed by atoms with E-state index in [0.717, 1.165) is 28.3 Å². The zero-order valence-electron chi connectivity index (χ0n) is 14.6. The molecular weight excluding hydrogens is 282 g/mol. The van der Waals surface area contributed by atoms with Gasteiger partial charge in [-0.25, -0.2) is 0 Å². The Morgan fingerprint density at radius 1 is 0.870 bits per heavy atom. The van der Waals surface area contributed by atoms with Crippen LogP contribution in [0.5, 0.6) is 0 Å². The molecule has 1 atom stereocenters. The van der Waals surface area contributed by atoms with Crippen LogP contribution in [0.2, 0.25) is 0 Å². The molecule has 2 aromatic rings. The second-order valence-corrected chi connectivity index (χ2v) is 6.03. The van der Waals surface area contributed by atoms with E-state index in [2.05, 4.69) is 18.3 Å². The molecule has 23 heavy (non-hydrogen) atoms. The van der Waals surface area contributed by atoms with E-state index in [1.807, 2.05) is 63.2 Å². The van der Waals surface area contributed by atoms with Gasteiger partial charge in [0.25, 0.3) is 0 Å². The lowest BCUT2D eigenvalue weighted by Crippen LogP contribution is -2.17. The van der Waals surface area contributed by atoms with E-state index in [1.165, 1.54) is 12.8 Å². The average Bonchev–Trinajstić information content (AvgIpc) is 3.40. The Balaban J connectivity index is 0.000000274. The molecule has 0 saturated heterocycles. The highest BCUT2D eigenvalue weighted by molar-refractivity contribution is 6.03. The van der Waals surface area contributed by atoms with Gasteiger partial charge < -0.3 is 5.32 Å². The number of fused-ring (bicyclic) bond motifs is 3. The fraction of sp³-hybridized carbons (Fsp3) is 0.381. The smallest absolute Gasteiger partial charge is 0.231 e. The Hall–Kier alpha value is -2.09. The number of hydrogen-bond acceptors (Lipinski definition) is 1. The van der Waals surface area contributed by atoms with Gasteiger partial charge in [-0.15, -0.1) is 0 Å². The van der Waals surface area contributed by atoms with Gasteiger partial charge in [0.15, 0.2) is 0 Å². The topological polar surface area (TPSA) is 29.1 Å². The Morgan fingerprint density at radius 3 is 2.00 bits per heavy atom. The molecule has 122 valence electrons. The summed E-state index contributed by atoms with van der Waals surface area (Å²) in [6, 6.07) is 16.0. The van der Waals surface area contributed by atoms with Crippen LogP contribution in [-0.4, -0.2) is 5.91 Å². The van der Waals surface area contributed by atoms with Crippen molar-refractivity contribution < 1.29 is 4.79 Å². The van der Waals surface area contributed by atoms with Gasteiger partial charge in [-0.1, -0.05) is 76.1 Å². The normalized spacial score (nSPS) is 17.9. The van der Waals surface area contributed by atoms with E-state index in [4.69, 9.17) is 0 Å². The third kappa shape index (κ3) is 4.22.